The summed E-state index contributed by atoms with van der Waals surface area (Å²) in [4.78, 5) is 14.3. The molecular weight excluding hydrogens is 242 g/mol. The van der Waals surface area contributed by atoms with Gasteiger partial charge in [-0.15, -0.1) is 0 Å². The van der Waals surface area contributed by atoms with Crippen LogP contribution in [0.15, 0.2) is 0 Å². The summed E-state index contributed by atoms with van der Waals surface area (Å²) < 4.78 is 5.21. The second kappa shape index (κ2) is 9.32. The van der Waals surface area contributed by atoms with Crippen molar-refractivity contribution in [3.63, 3.8) is 0 Å². The normalized spacial score (nSPS) is 18.5. The standard InChI is InChI=1S/C15H29NO3/c1-3-8-14(15(18)19-4-2)16(11-12-17)13-9-6-5-7-10-13/h13-14,17H,3-12H2,1-2H3. The maximum absolute atomic E-state index is 12.1. The van der Waals surface area contributed by atoms with E-state index in [1.54, 1.807) is 0 Å². The van der Waals surface area contributed by atoms with Crippen LogP contribution in [0.5, 0.6) is 0 Å². The Morgan fingerprint density at radius 2 is 2.00 bits per heavy atom. The molecule has 0 aromatic carbocycles. The molecule has 0 radical (unpaired) electrons. The summed E-state index contributed by atoms with van der Waals surface area (Å²) in [6.07, 6.45) is 7.80. The van der Waals surface area contributed by atoms with Crippen LogP contribution < -0.4 is 0 Å². The molecule has 4 heteroatoms. The van der Waals surface area contributed by atoms with Gasteiger partial charge in [0.15, 0.2) is 0 Å². The average molecular weight is 271 g/mol. The van der Waals surface area contributed by atoms with Gasteiger partial charge >= 0.3 is 5.97 Å². The van der Waals surface area contributed by atoms with Crippen molar-refractivity contribution in [1.82, 2.24) is 4.90 Å². The molecule has 1 fully saturated rings. The molecule has 0 aromatic rings. The summed E-state index contributed by atoms with van der Waals surface area (Å²) in [6, 6.07) is 0.252. The van der Waals surface area contributed by atoms with Crippen molar-refractivity contribution in [3.05, 3.63) is 0 Å². The van der Waals surface area contributed by atoms with Crippen LogP contribution in [-0.4, -0.2) is 47.8 Å². The summed E-state index contributed by atoms with van der Waals surface area (Å²) in [5, 5.41) is 9.30. The molecule has 1 aliphatic rings. The van der Waals surface area contributed by atoms with E-state index in [9.17, 15) is 9.90 Å². The molecular formula is C15H29NO3. The predicted molar refractivity (Wildman–Crippen MR) is 76.0 cm³/mol. The van der Waals surface area contributed by atoms with Gasteiger partial charge < -0.3 is 9.84 Å². The van der Waals surface area contributed by atoms with E-state index in [1.165, 1.54) is 19.3 Å². The molecule has 0 spiro atoms. The Hall–Kier alpha value is -0.610. The predicted octanol–water partition coefficient (Wildman–Crippen LogP) is 2.35. The number of carbonyl (C=O) groups is 1. The largest absolute Gasteiger partial charge is 0.465 e. The van der Waals surface area contributed by atoms with Gasteiger partial charge in [-0.1, -0.05) is 32.6 Å². The van der Waals surface area contributed by atoms with E-state index in [1.807, 2.05) is 6.92 Å². The monoisotopic (exact) mass is 271 g/mol. The fraction of sp³-hybridized carbons (Fsp3) is 0.933. The third kappa shape index (κ3) is 5.11. The SMILES string of the molecule is CCCC(C(=O)OCC)N(CCO)C1CCCCC1. The molecule has 112 valence electrons. The van der Waals surface area contributed by atoms with Crippen molar-refractivity contribution in [2.45, 2.75) is 70.9 Å². The zero-order chi connectivity index (χ0) is 14.1. The van der Waals surface area contributed by atoms with Gasteiger partial charge in [0.2, 0.25) is 0 Å². The first-order chi connectivity index (χ1) is 9.24. The maximum atomic E-state index is 12.1. The molecule has 0 saturated heterocycles. The van der Waals surface area contributed by atoms with Crippen molar-refractivity contribution in [2.24, 2.45) is 0 Å². The van der Waals surface area contributed by atoms with E-state index in [-0.39, 0.29) is 18.6 Å². The van der Waals surface area contributed by atoms with Crippen LogP contribution in [0, 0.1) is 0 Å². The lowest BCUT2D eigenvalue weighted by atomic mass is 9.92. The Bertz CT molecular complexity index is 252. The van der Waals surface area contributed by atoms with E-state index in [0.717, 1.165) is 25.7 Å². The first-order valence-electron chi connectivity index (χ1n) is 7.77. The summed E-state index contributed by atoms with van der Waals surface area (Å²) in [6.45, 7) is 5.04. The van der Waals surface area contributed by atoms with Gasteiger partial charge in [-0.05, 0) is 26.2 Å². The number of aliphatic hydroxyl groups is 1. The molecule has 1 rings (SSSR count). The summed E-state index contributed by atoms with van der Waals surface area (Å²) >= 11 is 0. The van der Waals surface area contributed by atoms with Crippen LogP contribution in [0.4, 0.5) is 0 Å². The topological polar surface area (TPSA) is 49.8 Å². The lowest BCUT2D eigenvalue weighted by Gasteiger charge is -2.38. The minimum atomic E-state index is -0.180. The number of nitrogens with zero attached hydrogens (tertiary/aromatic N) is 1. The number of ether oxygens (including phenoxy) is 1. The molecule has 0 aliphatic heterocycles. The van der Waals surface area contributed by atoms with Crippen molar-refractivity contribution in [3.8, 4) is 0 Å². The molecule has 1 unspecified atom stereocenters. The van der Waals surface area contributed by atoms with Crippen LogP contribution in [0.2, 0.25) is 0 Å². The first-order valence-corrected chi connectivity index (χ1v) is 7.77. The molecule has 4 nitrogen and oxygen atoms in total. The minimum absolute atomic E-state index is 0.107. The summed E-state index contributed by atoms with van der Waals surface area (Å²) in [5.74, 6) is -0.122. The Balaban J connectivity index is 2.74. The van der Waals surface area contributed by atoms with Crippen LogP contribution >= 0.6 is 0 Å². The van der Waals surface area contributed by atoms with Crippen LogP contribution in [0.25, 0.3) is 0 Å². The average Bonchev–Trinajstić information content (AvgIpc) is 2.44. The van der Waals surface area contributed by atoms with Gasteiger partial charge in [0, 0.05) is 12.6 Å². The van der Waals surface area contributed by atoms with Gasteiger partial charge in [0.1, 0.15) is 6.04 Å². The van der Waals surface area contributed by atoms with Gasteiger partial charge in [-0.3, -0.25) is 9.69 Å². The number of hydrogen-bond acceptors (Lipinski definition) is 4. The fourth-order valence-electron chi connectivity index (χ4n) is 3.05. The molecule has 1 atom stereocenters. The lowest BCUT2D eigenvalue weighted by Crippen LogP contribution is -2.50. The highest BCUT2D eigenvalue weighted by Gasteiger charge is 2.32. The molecule has 0 heterocycles. The maximum Gasteiger partial charge on any atom is 0.323 e. The van der Waals surface area contributed by atoms with Crippen LogP contribution in [0.3, 0.4) is 0 Å². The van der Waals surface area contributed by atoms with Crippen LogP contribution in [0.1, 0.15) is 58.8 Å². The Morgan fingerprint density at radius 1 is 1.32 bits per heavy atom. The molecule has 0 aromatic heterocycles. The van der Waals surface area contributed by atoms with Crippen LogP contribution in [-0.2, 0) is 9.53 Å². The molecule has 0 bridgehead atoms. The molecule has 19 heavy (non-hydrogen) atoms. The quantitative estimate of drug-likeness (QED) is 0.688. The highest BCUT2D eigenvalue weighted by Crippen LogP contribution is 2.25. The van der Waals surface area contributed by atoms with Crippen molar-refractivity contribution in [2.75, 3.05) is 19.8 Å². The number of rotatable bonds is 8. The van der Waals surface area contributed by atoms with E-state index in [2.05, 4.69) is 11.8 Å². The third-order valence-corrected chi connectivity index (χ3v) is 3.92. The Labute approximate surface area is 117 Å². The van der Waals surface area contributed by atoms with E-state index in [4.69, 9.17) is 4.74 Å². The zero-order valence-electron chi connectivity index (χ0n) is 12.4. The van der Waals surface area contributed by atoms with Gasteiger partial charge in [-0.2, -0.15) is 0 Å². The van der Waals surface area contributed by atoms with Crippen molar-refractivity contribution in [1.29, 1.82) is 0 Å². The van der Waals surface area contributed by atoms with E-state index in [0.29, 0.717) is 19.2 Å². The number of hydrogen-bond donors (Lipinski definition) is 1. The number of carbonyl (C=O) groups excluding carboxylic acids is 1. The second-order valence-electron chi connectivity index (χ2n) is 5.31. The number of esters is 1. The van der Waals surface area contributed by atoms with Crippen molar-refractivity contribution >= 4 is 5.97 Å². The highest BCUT2D eigenvalue weighted by molar-refractivity contribution is 5.75. The molecule has 0 amide bonds. The van der Waals surface area contributed by atoms with Gasteiger partial charge in [0.05, 0.1) is 13.2 Å². The van der Waals surface area contributed by atoms with E-state index >= 15 is 0 Å². The smallest absolute Gasteiger partial charge is 0.323 e. The lowest BCUT2D eigenvalue weighted by molar-refractivity contribution is -0.151. The Kier molecular flexibility index (Phi) is 8.07. The van der Waals surface area contributed by atoms with E-state index < -0.39 is 0 Å². The second-order valence-corrected chi connectivity index (χ2v) is 5.31. The van der Waals surface area contributed by atoms with Crippen molar-refractivity contribution < 1.29 is 14.6 Å². The third-order valence-electron chi connectivity index (χ3n) is 3.92. The summed E-state index contributed by atoms with van der Waals surface area (Å²) in [5.41, 5.74) is 0. The zero-order valence-corrected chi connectivity index (χ0v) is 12.4. The van der Waals surface area contributed by atoms with Gasteiger partial charge in [-0.25, -0.2) is 0 Å². The molecule has 1 N–H and O–H groups in total. The fourth-order valence-corrected chi connectivity index (χ4v) is 3.05. The minimum Gasteiger partial charge on any atom is -0.465 e. The van der Waals surface area contributed by atoms with Gasteiger partial charge in [0.25, 0.3) is 0 Å². The number of aliphatic hydroxyl groups excluding tert-OH is 1. The molecule has 1 aliphatic carbocycles. The highest BCUT2D eigenvalue weighted by atomic mass is 16.5. The Morgan fingerprint density at radius 3 is 2.53 bits per heavy atom. The summed E-state index contributed by atoms with van der Waals surface area (Å²) in [7, 11) is 0. The first kappa shape index (κ1) is 16.4. The molecule has 1 saturated carbocycles.